The number of thiocarbonyl (C=S) groups is 1. The second-order valence-corrected chi connectivity index (χ2v) is 6.42. The third-order valence-corrected chi connectivity index (χ3v) is 4.36. The second-order valence-electron chi connectivity index (χ2n) is 4.70. The van der Waals surface area contributed by atoms with E-state index in [0.717, 1.165) is 11.8 Å². The van der Waals surface area contributed by atoms with Crippen LogP contribution in [0.1, 0.15) is 5.76 Å². The van der Waals surface area contributed by atoms with Crippen molar-refractivity contribution in [1.29, 1.82) is 0 Å². The molecule has 1 aliphatic heterocycles. The van der Waals surface area contributed by atoms with Crippen LogP contribution in [0, 0.1) is 10.1 Å². The van der Waals surface area contributed by atoms with Gasteiger partial charge in [-0.05, 0) is 24.3 Å². The monoisotopic (exact) mass is 362 g/mol. The Morgan fingerprint density at radius 3 is 2.79 bits per heavy atom. The molecule has 122 valence electrons. The molecule has 3 rings (SSSR count). The number of rotatable bonds is 4. The Morgan fingerprint density at radius 1 is 1.38 bits per heavy atom. The fourth-order valence-corrected chi connectivity index (χ4v) is 3.15. The number of furan rings is 1. The van der Waals surface area contributed by atoms with Crippen LogP contribution >= 0.6 is 24.0 Å². The van der Waals surface area contributed by atoms with Crippen LogP contribution in [0.15, 0.2) is 39.7 Å². The van der Waals surface area contributed by atoms with Crippen molar-refractivity contribution in [1.82, 2.24) is 5.32 Å². The molecule has 1 saturated heterocycles. The summed E-state index contributed by atoms with van der Waals surface area (Å²) in [6.45, 7) is 0. The predicted molar refractivity (Wildman–Crippen MR) is 93.7 cm³/mol. The minimum atomic E-state index is -0.519. The van der Waals surface area contributed by atoms with Gasteiger partial charge in [0.05, 0.1) is 16.9 Å². The lowest BCUT2D eigenvalue weighted by molar-refractivity contribution is -0.385. The fraction of sp³-hybridized carbons (Fsp3) is 0.0667. The van der Waals surface area contributed by atoms with Gasteiger partial charge >= 0.3 is 5.69 Å². The smallest absolute Gasteiger partial charge is 0.311 e. The highest BCUT2D eigenvalue weighted by atomic mass is 32.2. The zero-order chi connectivity index (χ0) is 17.3. The second kappa shape index (κ2) is 6.46. The zero-order valence-corrected chi connectivity index (χ0v) is 13.9. The lowest BCUT2D eigenvalue weighted by atomic mass is 10.1. The van der Waals surface area contributed by atoms with Gasteiger partial charge in [-0.25, -0.2) is 0 Å². The predicted octanol–water partition coefficient (Wildman–Crippen LogP) is 3.35. The number of ether oxygens (including phenoxy) is 1. The average molecular weight is 362 g/mol. The van der Waals surface area contributed by atoms with Crippen molar-refractivity contribution < 1.29 is 18.9 Å². The molecule has 1 amide bonds. The first-order chi connectivity index (χ1) is 11.5. The number of benzene rings is 1. The van der Waals surface area contributed by atoms with E-state index in [2.05, 4.69) is 5.32 Å². The normalized spacial score (nSPS) is 15.6. The molecule has 0 radical (unpaired) electrons. The molecule has 7 nitrogen and oxygen atoms in total. The number of methoxy groups -OCH3 is 1. The van der Waals surface area contributed by atoms with E-state index in [1.807, 2.05) is 0 Å². The van der Waals surface area contributed by atoms with Crippen molar-refractivity contribution in [3.63, 3.8) is 0 Å². The lowest BCUT2D eigenvalue weighted by Gasteiger charge is -2.03. The molecule has 0 spiro atoms. The number of carbonyl (C=O) groups excluding carboxylic acids is 1. The molecule has 1 aromatic carbocycles. The Morgan fingerprint density at radius 2 is 2.17 bits per heavy atom. The first kappa shape index (κ1) is 16.2. The van der Waals surface area contributed by atoms with Gasteiger partial charge in [0.25, 0.3) is 5.91 Å². The molecule has 1 fully saturated rings. The molecule has 1 N–H and O–H groups in total. The number of nitrogens with one attached hydrogen (secondary N) is 1. The van der Waals surface area contributed by atoms with Gasteiger partial charge in [0, 0.05) is 17.7 Å². The highest BCUT2D eigenvalue weighted by molar-refractivity contribution is 8.26. The molecule has 0 atom stereocenters. The van der Waals surface area contributed by atoms with Crippen molar-refractivity contribution in [2.75, 3.05) is 7.11 Å². The fourth-order valence-electron chi connectivity index (χ4n) is 2.12. The van der Waals surface area contributed by atoms with E-state index in [-0.39, 0.29) is 17.3 Å². The van der Waals surface area contributed by atoms with E-state index in [1.54, 1.807) is 24.3 Å². The van der Waals surface area contributed by atoms with E-state index >= 15 is 0 Å². The molecule has 2 aromatic rings. The Bertz CT molecular complexity index is 888. The molecule has 0 saturated carbocycles. The maximum Gasteiger partial charge on any atom is 0.311 e. The molecule has 2 heterocycles. The van der Waals surface area contributed by atoms with Gasteiger partial charge in [-0.1, -0.05) is 24.0 Å². The SMILES string of the molecule is COc1ccc(-c2ccc(/C=C3/SC(=S)NC3=O)o2)cc1[N+](=O)[O-]. The van der Waals surface area contributed by atoms with E-state index in [4.69, 9.17) is 21.4 Å². The topological polar surface area (TPSA) is 94.6 Å². The summed E-state index contributed by atoms with van der Waals surface area (Å²) in [5, 5.41) is 13.6. The van der Waals surface area contributed by atoms with Gasteiger partial charge in [0.2, 0.25) is 0 Å². The van der Waals surface area contributed by atoms with Crippen LogP contribution in [0.5, 0.6) is 5.75 Å². The lowest BCUT2D eigenvalue weighted by Crippen LogP contribution is -2.17. The Hall–Kier alpha value is -2.65. The molecule has 0 unspecified atom stereocenters. The maximum absolute atomic E-state index is 11.6. The van der Waals surface area contributed by atoms with Gasteiger partial charge in [-0.2, -0.15) is 0 Å². The Kier molecular flexibility index (Phi) is 4.36. The van der Waals surface area contributed by atoms with Gasteiger partial charge < -0.3 is 14.5 Å². The van der Waals surface area contributed by atoms with E-state index in [0.29, 0.717) is 26.3 Å². The summed E-state index contributed by atoms with van der Waals surface area (Å²) in [7, 11) is 1.37. The van der Waals surface area contributed by atoms with Gasteiger partial charge in [0.1, 0.15) is 15.8 Å². The van der Waals surface area contributed by atoms with Crippen LogP contribution in [-0.2, 0) is 4.79 Å². The average Bonchev–Trinajstić information content (AvgIpc) is 3.13. The number of hydrogen-bond donors (Lipinski definition) is 1. The largest absolute Gasteiger partial charge is 0.490 e. The van der Waals surface area contributed by atoms with Gasteiger partial charge in [-0.3, -0.25) is 14.9 Å². The summed E-state index contributed by atoms with van der Waals surface area (Å²) < 4.78 is 11.0. The summed E-state index contributed by atoms with van der Waals surface area (Å²) >= 11 is 6.07. The first-order valence-corrected chi connectivity index (χ1v) is 7.88. The van der Waals surface area contributed by atoms with Crippen LogP contribution < -0.4 is 10.1 Å². The molecular weight excluding hydrogens is 352 g/mol. The maximum atomic E-state index is 11.6. The van der Waals surface area contributed by atoms with Crippen molar-refractivity contribution in [2.45, 2.75) is 0 Å². The van der Waals surface area contributed by atoms with Crippen LogP contribution in [-0.4, -0.2) is 22.3 Å². The van der Waals surface area contributed by atoms with Crippen LogP contribution in [0.25, 0.3) is 17.4 Å². The summed E-state index contributed by atoms with van der Waals surface area (Å²) in [6.07, 6.45) is 1.57. The molecular formula is C15H10N2O5S2. The number of nitro groups is 1. The number of hydrogen-bond acceptors (Lipinski definition) is 7. The number of nitro benzene ring substituents is 1. The summed E-state index contributed by atoms with van der Waals surface area (Å²) in [5.74, 6) is 0.789. The molecule has 1 aromatic heterocycles. The van der Waals surface area contributed by atoms with Crippen LogP contribution in [0.3, 0.4) is 0 Å². The van der Waals surface area contributed by atoms with Gasteiger partial charge in [-0.15, -0.1) is 0 Å². The van der Waals surface area contributed by atoms with Crippen molar-refractivity contribution in [3.05, 3.63) is 51.1 Å². The van der Waals surface area contributed by atoms with Crippen molar-refractivity contribution >= 4 is 46.0 Å². The number of amides is 1. The van der Waals surface area contributed by atoms with E-state index in [9.17, 15) is 14.9 Å². The zero-order valence-electron chi connectivity index (χ0n) is 12.3. The minimum absolute atomic E-state index is 0.151. The van der Waals surface area contributed by atoms with E-state index < -0.39 is 4.92 Å². The highest BCUT2D eigenvalue weighted by Gasteiger charge is 2.23. The molecule has 1 aliphatic rings. The molecule has 9 heteroatoms. The summed E-state index contributed by atoms with van der Waals surface area (Å²) in [4.78, 5) is 22.6. The molecule has 0 bridgehead atoms. The third-order valence-electron chi connectivity index (χ3n) is 3.20. The summed E-state index contributed by atoms with van der Waals surface area (Å²) in [6, 6.07) is 7.89. The van der Waals surface area contributed by atoms with Crippen molar-refractivity contribution in [2.24, 2.45) is 0 Å². The van der Waals surface area contributed by atoms with Gasteiger partial charge in [0.15, 0.2) is 5.75 Å². The van der Waals surface area contributed by atoms with Crippen molar-refractivity contribution in [3.8, 4) is 17.1 Å². The van der Waals surface area contributed by atoms with Crippen LogP contribution in [0.2, 0.25) is 0 Å². The Balaban J connectivity index is 1.92. The number of nitrogens with zero attached hydrogens (tertiary/aromatic N) is 1. The Labute approximate surface area is 145 Å². The highest BCUT2D eigenvalue weighted by Crippen LogP contribution is 2.34. The minimum Gasteiger partial charge on any atom is -0.490 e. The number of thioether (sulfide) groups is 1. The number of carbonyl (C=O) groups is 1. The first-order valence-electron chi connectivity index (χ1n) is 6.65. The molecule has 0 aliphatic carbocycles. The standard InChI is InChI=1S/C15H10N2O5S2/c1-21-12-4-2-8(6-10(12)17(19)20)11-5-3-9(22-11)7-13-14(18)16-15(23)24-13/h2-7H,1H3,(H,16,18,23)/b13-7+. The molecule has 24 heavy (non-hydrogen) atoms. The summed E-state index contributed by atoms with van der Waals surface area (Å²) in [5.41, 5.74) is 0.383. The quantitative estimate of drug-likeness (QED) is 0.386. The third kappa shape index (κ3) is 3.17. The van der Waals surface area contributed by atoms with Crippen LogP contribution in [0.4, 0.5) is 5.69 Å². The van der Waals surface area contributed by atoms with E-state index in [1.165, 1.54) is 19.2 Å².